The van der Waals surface area contributed by atoms with Crippen LogP contribution in [0.3, 0.4) is 0 Å². The van der Waals surface area contributed by atoms with Crippen molar-refractivity contribution in [2.45, 2.75) is 89.5 Å². The topological polar surface area (TPSA) is 82.0 Å². The molecule has 4 atom stereocenters. The summed E-state index contributed by atoms with van der Waals surface area (Å²) in [6.07, 6.45) is 3.95. The third kappa shape index (κ3) is 2.62. The summed E-state index contributed by atoms with van der Waals surface area (Å²) < 4.78 is 6.43. The number of phenols is 1. The Morgan fingerprint density at radius 2 is 2.09 bits per heavy atom. The van der Waals surface area contributed by atoms with Crippen molar-refractivity contribution in [2.24, 2.45) is 5.92 Å². The lowest BCUT2D eigenvalue weighted by atomic mass is 9.48. The number of nitrogens with zero attached hydrogens (tertiary/aromatic N) is 1. The van der Waals surface area contributed by atoms with Crippen molar-refractivity contribution in [3.8, 4) is 11.5 Å². The molecule has 3 aliphatic carbocycles. The highest BCUT2D eigenvalue weighted by Gasteiger charge is 2.72. The van der Waals surface area contributed by atoms with E-state index in [1.807, 2.05) is 26.8 Å². The highest BCUT2D eigenvalue weighted by Crippen LogP contribution is 2.66. The van der Waals surface area contributed by atoms with E-state index in [0.29, 0.717) is 17.7 Å². The molecule has 1 spiro atoms. The molecule has 2 bridgehead atoms. The van der Waals surface area contributed by atoms with Crippen LogP contribution >= 0.6 is 0 Å². The lowest BCUT2D eigenvalue weighted by Crippen LogP contribution is -2.75. The van der Waals surface area contributed by atoms with Crippen LogP contribution in [0.15, 0.2) is 23.3 Å². The van der Waals surface area contributed by atoms with Gasteiger partial charge in [0.15, 0.2) is 11.5 Å². The average Bonchev–Trinajstić information content (AvgIpc) is 3.44. The van der Waals surface area contributed by atoms with Gasteiger partial charge in [-0.05, 0) is 76.1 Å². The van der Waals surface area contributed by atoms with Gasteiger partial charge < -0.3 is 20.3 Å². The van der Waals surface area contributed by atoms with Crippen molar-refractivity contribution in [1.29, 1.82) is 0 Å². The van der Waals surface area contributed by atoms with Crippen LogP contribution in [-0.2, 0) is 16.6 Å². The molecule has 1 saturated carbocycles. The van der Waals surface area contributed by atoms with Gasteiger partial charge >= 0.3 is 0 Å². The van der Waals surface area contributed by atoms with Crippen molar-refractivity contribution < 1.29 is 19.7 Å². The minimum Gasteiger partial charge on any atom is -0.504 e. The number of ether oxygens (including phenoxy) is 1. The molecule has 174 valence electrons. The number of piperidine rings is 1. The summed E-state index contributed by atoms with van der Waals surface area (Å²) in [5.41, 5.74) is 2.00. The van der Waals surface area contributed by atoms with E-state index in [1.165, 1.54) is 18.4 Å². The van der Waals surface area contributed by atoms with Crippen LogP contribution in [0.2, 0.25) is 0 Å². The summed E-state index contributed by atoms with van der Waals surface area (Å²) in [6, 6.07) is 3.70. The summed E-state index contributed by atoms with van der Waals surface area (Å²) in [5.74, 6) is 1.26. The molecule has 6 heteroatoms. The SMILES string of the molecule is C.CC1=C(C(=O)NC(C)C)C[C@@]2(O)[C@H]3Cc4ccc(O)c5c4[C@@]2(CCN3CC2CC2)[C@H]1O5. The van der Waals surface area contributed by atoms with Crippen LogP contribution in [0, 0.1) is 5.92 Å². The molecular formula is C26H36N2O4. The Kier molecular flexibility index (Phi) is 4.75. The fraction of sp³-hybridized carbons (Fsp3) is 0.654. The molecule has 3 N–H and O–H groups in total. The van der Waals surface area contributed by atoms with Gasteiger partial charge in [0.2, 0.25) is 5.91 Å². The molecule has 32 heavy (non-hydrogen) atoms. The zero-order valence-corrected chi connectivity index (χ0v) is 18.6. The monoisotopic (exact) mass is 440 g/mol. The number of hydrogen-bond acceptors (Lipinski definition) is 5. The Morgan fingerprint density at radius 3 is 2.78 bits per heavy atom. The van der Waals surface area contributed by atoms with E-state index in [4.69, 9.17) is 4.74 Å². The van der Waals surface area contributed by atoms with E-state index >= 15 is 0 Å². The molecule has 1 aromatic carbocycles. The van der Waals surface area contributed by atoms with Crippen molar-refractivity contribution in [2.75, 3.05) is 13.1 Å². The number of likely N-dealkylation sites (tertiary alicyclic amines) is 1. The molecule has 2 heterocycles. The highest BCUT2D eigenvalue weighted by atomic mass is 16.5. The number of carbonyl (C=O) groups excluding carboxylic acids is 1. The van der Waals surface area contributed by atoms with Gasteiger partial charge in [0.1, 0.15) is 6.10 Å². The number of amides is 1. The van der Waals surface area contributed by atoms with Gasteiger partial charge in [0, 0.05) is 36.2 Å². The number of aliphatic hydroxyl groups is 1. The van der Waals surface area contributed by atoms with Gasteiger partial charge in [0.25, 0.3) is 0 Å². The maximum absolute atomic E-state index is 13.2. The predicted octanol–water partition coefficient (Wildman–Crippen LogP) is 3.04. The maximum atomic E-state index is 13.2. The van der Waals surface area contributed by atoms with Crippen LogP contribution in [0.1, 0.15) is 65.0 Å². The number of benzene rings is 1. The van der Waals surface area contributed by atoms with Crippen molar-refractivity contribution >= 4 is 5.91 Å². The average molecular weight is 441 g/mol. The molecule has 2 fully saturated rings. The first-order chi connectivity index (χ1) is 14.8. The van der Waals surface area contributed by atoms with E-state index in [9.17, 15) is 15.0 Å². The third-order valence-electron chi connectivity index (χ3n) is 8.52. The second-order valence-electron chi connectivity index (χ2n) is 10.7. The lowest BCUT2D eigenvalue weighted by Gasteiger charge is -2.63. The van der Waals surface area contributed by atoms with Gasteiger partial charge in [-0.2, -0.15) is 0 Å². The number of hydrogen-bond donors (Lipinski definition) is 3. The fourth-order valence-corrected chi connectivity index (χ4v) is 7.00. The molecule has 0 aromatic heterocycles. The van der Waals surface area contributed by atoms with Crippen LogP contribution in [0.4, 0.5) is 0 Å². The van der Waals surface area contributed by atoms with E-state index in [-0.39, 0.29) is 31.2 Å². The lowest BCUT2D eigenvalue weighted by molar-refractivity contribution is -0.167. The highest BCUT2D eigenvalue weighted by molar-refractivity contribution is 5.95. The quantitative estimate of drug-likeness (QED) is 0.671. The Morgan fingerprint density at radius 1 is 1.34 bits per heavy atom. The smallest absolute Gasteiger partial charge is 0.247 e. The first-order valence-electron chi connectivity index (χ1n) is 11.7. The van der Waals surface area contributed by atoms with Crippen LogP contribution in [-0.4, -0.2) is 57.9 Å². The molecule has 0 radical (unpaired) electrons. The molecule has 2 aliphatic heterocycles. The standard InChI is InChI=1S/C25H32N2O4.CH4/c1-13(2)26-23(29)17-11-25(30)19-10-16-6-7-18(28)21-20(16)24(25,22(31-21)14(17)3)8-9-27(19)12-15-4-5-15;/h6-7,13,15,19,22,28,30H,4-5,8-12H2,1-3H3,(H,26,29);1H4/t19-,22+,24+,25-;/m1./s1. The van der Waals surface area contributed by atoms with Crippen LogP contribution in [0.25, 0.3) is 0 Å². The van der Waals surface area contributed by atoms with Gasteiger partial charge in [-0.25, -0.2) is 0 Å². The van der Waals surface area contributed by atoms with E-state index < -0.39 is 17.1 Å². The van der Waals surface area contributed by atoms with E-state index in [0.717, 1.165) is 43.0 Å². The summed E-state index contributed by atoms with van der Waals surface area (Å²) in [4.78, 5) is 15.6. The first kappa shape index (κ1) is 21.8. The van der Waals surface area contributed by atoms with E-state index in [2.05, 4.69) is 10.2 Å². The molecule has 6 nitrogen and oxygen atoms in total. The number of rotatable bonds is 4. The molecule has 1 aromatic rings. The number of carbonyl (C=O) groups is 1. The summed E-state index contributed by atoms with van der Waals surface area (Å²) in [7, 11) is 0. The normalized spacial score (nSPS) is 34.7. The number of aromatic hydroxyl groups is 1. The van der Waals surface area contributed by atoms with Gasteiger partial charge in [-0.3, -0.25) is 9.69 Å². The van der Waals surface area contributed by atoms with Crippen LogP contribution in [0.5, 0.6) is 11.5 Å². The zero-order chi connectivity index (χ0) is 21.7. The minimum atomic E-state index is -1.10. The van der Waals surface area contributed by atoms with Crippen molar-refractivity contribution in [3.05, 3.63) is 34.4 Å². The minimum absolute atomic E-state index is 0. The number of phenolic OH excluding ortho intramolecular Hbond substituents is 1. The van der Waals surface area contributed by atoms with Gasteiger partial charge in [-0.15, -0.1) is 0 Å². The summed E-state index contributed by atoms with van der Waals surface area (Å²) >= 11 is 0. The Bertz CT molecular complexity index is 1010. The molecule has 1 amide bonds. The van der Waals surface area contributed by atoms with Gasteiger partial charge in [-0.1, -0.05) is 13.5 Å². The van der Waals surface area contributed by atoms with Crippen LogP contribution < -0.4 is 10.1 Å². The third-order valence-corrected chi connectivity index (χ3v) is 8.52. The van der Waals surface area contributed by atoms with Crippen molar-refractivity contribution in [1.82, 2.24) is 10.2 Å². The molecule has 1 saturated heterocycles. The zero-order valence-electron chi connectivity index (χ0n) is 18.6. The predicted molar refractivity (Wildman–Crippen MR) is 123 cm³/mol. The Balaban J connectivity index is 0.00000216. The Hall–Kier alpha value is -2.05. The molecule has 0 unspecified atom stereocenters. The molecule has 6 rings (SSSR count). The Labute approximate surface area is 190 Å². The molecule has 5 aliphatic rings. The summed E-state index contributed by atoms with van der Waals surface area (Å²) in [6.45, 7) is 7.80. The molecular weight excluding hydrogens is 404 g/mol. The largest absolute Gasteiger partial charge is 0.504 e. The second kappa shape index (κ2) is 6.97. The summed E-state index contributed by atoms with van der Waals surface area (Å²) in [5, 5.41) is 26.2. The van der Waals surface area contributed by atoms with E-state index in [1.54, 1.807) is 6.07 Å². The maximum Gasteiger partial charge on any atom is 0.247 e. The van der Waals surface area contributed by atoms with Crippen molar-refractivity contribution in [3.63, 3.8) is 0 Å². The number of nitrogens with one attached hydrogen (secondary N) is 1. The second-order valence-corrected chi connectivity index (χ2v) is 10.7. The first-order valence-corrected chi connectivity index (χ1v) is 11.7. The fourth-order valence-electron chi connectivity index (χ4n) is 7.00. The van der Waals surface area contributed by atoms with Gasteiger partial charge in [0.05, 0.1) is 11.0 Å².